The van der Waals surface area contributed by atoms with Crippen LogP contribution in [0.1, 0.15) is 82.7 Å². The summed E-state index contributed by atoms with van der Waals surface area (Å²) in [7, 11) is 0. The summed E-state index contributed by atoms with van der Waals surface area (Å²) in [5.74, 6) is 3.22. The standard InChI is InChI=1S/C16H27N3/c1-4-12(5-2)16-18-14(13-9-7-8-10-13)11-15(19-16)17-6-3/h11-13H,4-10H2,1-3H3,(H,17,18,19). The lowest BCUT2D eigenvalue weighted by atomic mass is 10.00. The molecule has 0 atom stereocenters. The highest BCUT2D eigenvalue weighted by Crippen LogP contribution is 2.34. The van der Waals surface area contributed by atoms with E-state index in [2.05, 4.69) is 32.2 Å². The third-order valence-corrected chi connectivity index (χ3v) is 4.25. The smallest absolute Gasteiger partial charge is 0.134 e. The SMILES string of the molecule is CCNc1cc(C2CCCC2)nc(C(CC)CC)n1. The molecule has 1 heterocycles. The minimum atomic E-state index is 0.499. The first-order valence-corrected chi connectivity index (χ1v) is 7.91. The predicted molar refractivity (Wildman–Crippen MR) is 80.7 cm³/mol. The normalized spacial score (nSPS) is 16.2. The molecular formula is C16H27N3. The Hall–Kier alpha value is -1.12. The Bertz CT molecular complexity index is 373. The summed E-state index contributed by atoms with van der Waals surface area (Å²) in [6, 6.07) is 2.17. The lowest BCUT2D eigenvalue weighted by Crippen LogP contribution is -2.10. The topological polar surface area (TPSA) is 37.8 Å². The van der Waals surface area contributed by atoms with Crippen molar-refractivity contribution in [1.29, 1.82) is 0 Å². The van der Waals surface area contributed by atoms with Crippen molar-refractivity contribution in [2.75, 3.05) is 11.9 Å². The lowest BCUT2D eigenvalue weighted by Gasteiger charge is -2.17. The molecule has 1 N–H and O–H groups in total. The number of anilines is 1. The number of nitrogens with zero attached hydrogens (tertiary/aromatic N) is 2. The van der Waals surface area contributed by atoms with Crippen molar-refractivity contribution < 1.29 is 0 Å². The van der Waals surface area contributed by atoms with Crippen LogP contribution >= 0.6 is 0 Å². The molecule has 0 saturated heterocycles. The molecule has 1 aliphatic carbocycles. The fourth-order valence-electron chi connectivity index (χ4n) is 3.02. The van der Waals surface area contributed by atoms with Crippen molar-refractivity contribution in [1.82, 2.24) is 9.97 Å². The van der Waals surface area contributed by atoms with Gasteiger partial charge in [0.25, 0.3) is 0 Å². The Labute approximate surface area is 117 Å². The second-order valence-electron chi connectivity index (χ2n) is 5.56. The van der Waals surface area contributed by atoms with Crippen LogP contribution in [0.4, 0.5) is 5.82 Å². The third kappa shape index (κ3) is 3.46. The van der Waals surface area contributed by atoms with Crippen molar-refractivity contribution in [2.45, 2.75) is 71.1 Å². The molecule has 0 aliphatic heterocycles. The number of aromatic nitrogens is 2. The molecule has 0 bridgehead atoms. The Kier molecular flexibility index (Phi) is 5.17. The molecule has 0 spiro atoms. The highest BCUT2D eigenvalue weighted by molar-refractivity contribution is 5.37. The van der Waals surface area contributed by atoms with Crippen molar-refractivity contribution in [3.63, 3.8) is 0 Å². The van der Waals surface area contributed by atoms with E-state index in [4.69, 9.17) is 9.97 Å². The van der Waals surface area contributed by atoms with Gasteiger partial charge >= 0.3 is 0 Å². The van der Waals surface area contributed by atoms with Gasteiger partial charge in [-0.25, -0.2) is 9.97 Å². The van der Waals surface area contributed by atoms with E-state index in [1.807, 2.05) is 0 Å². The molecule has 1 saturated carbocycles. The van der Waals surface area contributed by atoms with Crippen LogP contribution in [0.3, 0.4) is 0 Å². The fraction of sp³-hybridized carbons (Fsp3) is 0.750. The largest absolute Gasteiger partial charge is 0.370 e. The van der Waals surface area contributed by atoms with Crippen LogP contribution in [0.5, 0.6) is 0 Å². The molecule has 0 amide bonds. The van der Waals surface area contributed by atoms with Crippen molar-refractivity contribution in [3.05, 3.63) is 17.6 Å². The summed E-state index contributed by atoms with van der Waals surface area (Å²) >= 11 is 0. The highest BCUT2D eigenvalue weighted by atomic mass is 15.0. The first-order chi connectivity index (χ1) is 9.28. The van der Waals surface area contributed by atoms with Gasteiger partial charge in [0.2, 0.25) is 0 Å². The first-order valence-electron chi connectivity index (χ1n) is 7.91. The summed E-state index contributed by atoms with van der Waals surface area (Å²) in [5.41, 5.74) is 1.27. The average Bonchev–Trinajstić information content (AvgIpc) is 2.94. The molecule has 0 aromatic carbocycles. The second-order valence-corrected chi connectivity index (χ2v) is 5.56. The summed E-state index contributed by atoms with van der Waals surface area (Å²) < 4.78 is 0. The molecule has 0 radical (unpaired) electrons. The van der Waals surface area contributed by atoms with E-state index in [0.717, 1.165) is 31.0 Å². The van der Waals surface area contributed by atoms with E-state index in [1.54, 1.807) is 0 Å². The molecule has 19 heavy (non-hydrogen) atoms. The van der Waals surface area contributed by atoms with Gasteiger partial charge in [0, 0.05) is 30.1 Å². The molecular weight excluding hydrogens is 234 g/mol. The fourth-order valence-corrected chi connectivity index (χ4v) is 3.02. The lowest BCUT2D eigenvalue weighted by molar-refractivity contribution is 0.588. The van der Waals surface area contributed by atoms with Gasteiger partial charge < -0.3 is 5.32 Å². The molecule has 3 nitrogen and oxygen atoms in total. The minimum absolute atomic E-state index is 0.499. The minimum Gasteiger partial charge on any atom is -0.370 e. The summed E-state index contributed by atoms with van der Waals surface area (Å²) in [6.07, 6.45) is 7.54. The zero-order valence-corrected chi connectivity index (χ0v) is 12.6. The maximum absolute atomic E-state index is 4.89. The van der Waals surface area contributed by atoms with E-state index < -0.39 is 0 Å². The van der Waals surface area contributed by atoms with Gasteiger partial charge in [0.15, 0.2) is 0 Å². The van der Waals surface area contributed by atoms with Crippen molar-refractivity contribution in [2.24, 2.45) is 0 Å². The van der Waals surface area contributed by atoms with Crippen molar-refractivity contribution >= 4 is 5.82 Å². The van der Waals surface area contributed by atoms with Crippen LogP contribution in [0, 0.1) is 0 Å². The van der Waals surface area contributed by atoms with Crippen molar-refractivity contribution in [3.8, 4) is 0 Å². The Morgan fingerprint density at radius 3 is 2.42 bits per heavy atom. The van der Waals surface area contributed by atoms with Gasteiger partial charge in [0.05, 0.1) is 0 Å². The molecule has 3 heteroatoms. The zero-order chi connectivity index (χ0) is 13.7. The molecule has 1 fully saturated rings. The highest BCUT2D eigenvalue weighted by Gasteiger charge is 2.21. The zero-order valence-electron chi connectivity index (χ0n) is 12.6. The second kappa shape index (κ2) is 6.88. The van der Waals surface area contributed by atoms with E-state index in [9.17, 15) is 0 Å². The van der Waals surface area contributed by atoms with Gasteiger partial charge in [-0.05, 0) is 32.6 Å². The van der Waals surface area contributed by atoms with E-state index in [-0.39, 0.29) is 0 Å². The van der Waals surface area contributed by atoms with Crippen LogP contribution in [0.25, 0.3) is 0 Å². The van der Waals surface area contributed by atoms with E-state index >= 15 is 0 Å². The monoisotopic (exact) mass is 261 g/mol. The van der Waals surface area contributed by atoms with Gasteiger partial charge in [-0.1, -0.05) is 26.7 Å². The quantitative estimate of drug-likeness (QED) is 0.821. The van der Waals surface area contributed by atoms with Crippen LogP contribution in [-0.2, 0) is 0 Å². The van der Waals surface area contributed by atoms with E-state index in [0.29, 0.717) is 11.8 Å². The maximum Gasteiger partial charge on any atom is 0.134 e. The van der Waals surface area contributed by atoms with Gasteiger partial charge in [-0.3, -0.25) is 0 Å². The van der Waals surface area contributed by atoms with Crippen LogP contribution in [0.2, 0.25) is 0 Å². The Morgan fingerprint density at radius 1 is 1.16 bits per heavy atom. The third-order valence-electron chi connectivity index (χ3n) is 4.25. The Morgan fingerprint density at radius 2 is 1.84 bits per heavy atom. The summed E-state index contributed by atoms with van der Waals surface area (Å²) in [5, 5.41) is 3.36. The summed E-state index contributed by atoms with van der Waals surface area (Å²) in [6.45, 7) is 7.50. The molecule has 1 aromatic rings. The average molecular weight is 261 g/mol. The Balaban J connectivity index is 2.30. The number of hydrogen-bond acceptors (Lipinski definition) is 3. The number of rotatable bonds is 6. The molecule has 1 aliphatic rings. The molecule has 2 rings (SSSR count). The predicted octanol–water partition coefficient (Wildman–Crippen LogP) is 4.47. The van der Waals surface area contributed by atoms with Gasteiger partial charge in [-0.15, -0.1) is 0 Å². The van der Waals surface area contributed by atoms with Gasteiger partial charge in [0.1, 0.15) is 11.6 Å². The van der Waals surface area contributed by atoms with Gasteiger partial charge in [-0.2, -0.15) is 0 Å². The van der Waals surface area contributed by atoms with Crippen LogP contribution in [-0.4, -0.2) is 16.5 Å². The van der Waals surface area contributed by atoms with Crippen LogP contribution in [0.15, 0.2) is 6.07 Å². The number of hydrogen-bond donors (Lipinski definition) is 1. The number of nitrogens with one attached hydrogen (secondary N) is 1. The van der Waals surface area contributed by atoms with E-state index in [1.165, 1.54) is 31.4 Å². The molecule has 0 unspecified atom stereocenters. The molecule has 1 aromatic heterocycles. The molecule has 106 valence electrons. The first kappa shape index (κ1) is 14.3. The maximum atomic E-state index is 4.89. The summed E-state index contributed by atoms with van der Waals surface area (Å²) in [4.78, 5) is 9.60. The van der Waals surface area contributed by atoms with Crippen LogP contribution < -0.4 is 5.32 Å².